The Hall–Kier alpha value is -1.22. The Morgan fingerprint density at radius 1 is 1.43 bits per heavy atom. The highest BCUT2D eigenvalue weighted by Crippen LogP contribution is 2.27. The van der Waals surface area contributed by atoms with E-state index < -0.39 is 21.4 Å². The van der Waals surface area contributed by atoms with E-state index in [4.69, 9.17) is 10.5 Å². The van der Waals surface area contributed by atoms with Crippen LogP contribution >= 0.6 is 0 Å². The Bertz CT molecular complexity index is 615. The first kappa shape index (κ1) is 16.2. The third kappa shape index (κ3) is 3.52. The van der Waals surface area contributed by atoms with Crippen molar-refractivity contribution in [3.8, 4) is 0 Å². The van der Waals surface area contributed by atoms with E-state index in [1.54, 1.807) is 0 Å². The molecule has 6 nitrogen and oxygen atoms in total. The first-order valence-corrected chi connectivity index (χ1v) is 8.00. The molecule has 0 amide bonds. The van der Waals surface area contributed by atoms with Crippen LogP contribution in [0.25, 0.3) is 0 Å². The van der Waals surface area contributed by atoms with Gasteiger partial charge < -0.3 is 15.6 Å². The van der Waals surface area contributed by atoms with Crippen LogP contribution in [-0.2, 0) is 14.8 Å². The molecule has 1 aliphatic rings. The summed E-state index contributed by atoms with van der Waals surface area (Å²) in [4.78, 5) is -0.291. The van der Waals surface area contributed by atoms with E-state index in [0.717, 1.165) is 16.4 Å². The van der Waals surface area contributed by atoms with Crippen molar-refractivity contribution in [2.45, 2.75) is 23.3 Å². The average Bonchev–Trinajstić information content (AvgIpc) is 2.41. The first-order chi connectivity index (χ1) is 9.74. The molecule has 0 unspecified atom stereocenters. The lowest BCUT2D eigenvalue weighted by molar-refractivity contribution is -0.0689. The Morgan fingerprint density at radius 2 is 2.05 bits per heavy atom. The van der Waals surface area contributed by atoms with Crippen molar-refractivity contribution < 1.29 is 22.7 Å². The number of rotatable bonds is 4. The monoisotopic (exact) mass is 318 g/mol. The quantitative estimate of drug-likeness (QED) is 0.792. The molecular formula is C13H19FN2O4S. The highest BCUT2D eigenvalue weighted by Gasteiger charge is 2.35. The molecule has 21 heavy (non-hydrogen) atoms. The summed E-state index contributed by atoms with van der Waals surface area (Å²) in [6.07, 6.45) is 0.705. The molecule has 0 atom stereocenters. The van der Waals surface area contributed by atoms with E-state index in [2.05, 4.69) is 0 Å². The number of likely N-dealkylation sites (N-methyl/N-ethyl adjacent to an activating group) is 1. The van der Waals surface area contributed by atoms with Gasteiger partial charge in [0.25, 0.3) is 0 Å². The Kier molecular flexibility index (Phi) is 4.52. The van der Waals surface area contributed by atoms with E-state index in [1.807, 2.05) is 0 Å². The number of sulfonamides is 1. The number of hydrogen-bond acceptors (Lipinski definition) is 5. The van der Waals surface area contributed by atoms with Crippen LogP contribution in [0.5, 0.6) is 0 Å². The number of nitrogens with zero attached hydrogens (tertiary/aromatic N) is 1. The summed E-state index contributed by atoms with van der Waals surface area (Å²) in [6, 6.07) is 3.19. The van der Waals surface area contributed by atoms with Crippen molar-refractivity contribution in [3.63, 3.8) is 0 Å². The van der Waals surface area contributed by atoms with Gasteiger partial charge in [-0.25, -0.2) is 12.8 Å². The lowest BCUT2D eigenvalue weighted by Crippen LogP contribution is -2.47. The molecule has 1 saturated heterocycles. The van der Waals surface area contributed by atoms with Gasteiger partial charge in [-0.1, -0.05) is 0 Å². The second kappa shape index (κ2) is 5.88. The van der Waals surface area contributed by atoms with Gasteiger partial charge in [0, 0.05) is 39.6 Å². The molecule has 1 fully saturated rings. The smallest absolute Gasteiger partial charge is 0.245 e. The Balaban J connectivity index is 2.24. The first-order valence-electron chi connectivity index (χ1n) is 6.56. The number of nitrogen functional groups attached to an aromatic ring is 1. The van der Waals surface area contributed by atoms with E-state index in [0.29, 0.717) is 26.1 Å². The number of nitrogens with two attached hydrogens (primary N) is 1. The molecule has 1 aromatic carbocycles. The average molecular weight is 318 g/mol. The van der Waals surface area contributed by atoms with Crippen LogP contribution in [0, 0.1) is 5.82 Å². The summed E-state index contributed by atoms with van der Waals surface area (Å²) in [5.41, 5.74) is 4.46. The Labute approximate surface area is 123 Å². The maximum atomic E-state index is 13.3. The lowest BCUT2D eigenvalue weighted by Gasteiger charge is -2.35. The number of aliphatic hydroxyl groups is 1. The minimum atomic E-state index is -3.96. The van der Waals surface area contributed by atoms with Crippen LogP contribution in [0.2, 0.25) is 0 Å². The number of anilines is 1. The molecule has 3 N–H and O–H groups in total. The summed E-state index contributed by atoms with van der Waals surface area (Å²) in [5, 5.41) is 10.4. The van der Waals surface area contributed by atoms with E-state index in [9.17, 15) is 17.9 Å². The normalized spacial score (nSPS) is 18.9. The number of halogens is 1. The van der Waals surface area contributed by atoms with Gasteiger partial charge in [-0.2, -0.15) is 4.31 Å². The zero-order valence-electron chi connectivity index (χ0n) is 11.8. The largest absolute Gasteiger partial charge is 0.398 e. The number of hydrogen-bond donors (Lipinski definition) is 2. The molecule has 0 aliphatic carbocycles. The summed E-state index contributed by atoms with van der Waals surface area (Å²) in [7, 11) is -2.62. The van der Waals surface area contributed by atoms with Crippen LogP contribution in [0.4, 0.5) is 10.1 Å². The molecular weight excluding hydrogens is 299 g/mol. The van der Waals surface area contributed by atoms with Gasteiger partial charge in [0.05, 0.1) is 11.3 Å². The fourth-order valence-corrected chi connectivity index (χ4v) is 3.68. The van der Waals surface area contributed by atoms with Crippen LogP contribution in [0.3, 0.4) is 0 Å². The highest BCUT2D eigenvalue weighted by atomic mass is 32.2. The van der Waals surface area contributed by atoms with Gasteiger partial charge in [-0.05, 0) is 18.2 Å². The molecule has 0 aromatic heterocycles. The predicted octanol–water partition coefficient (Wildman–Crippen LogP) is 0.570. The van der Waals surface area contributed by atoms with Crippen molar-refractivity contribution in [1.82, 2.24) is 4.31 Å². The molecule has 0 bridgehead atoms. The van der Waals surface area contributed by atoms with Crippen molar-refractivity contribution >= 4 is 15.7 Å². The molecule has 118 valence electrons. The van der Waals surface area contributed by atoms with Gasteiger partial charge in [0.15, 0.2) is 0 Å². The van der Waals surface area contributed by atoms with Gasteiger partial charge in [0.1, 0.15) is 10.7 Å². The molecule has 2 rings (SSSR count). The standard InChI is InChI=1S/C13H19FN2O4S/c1-16(9-13(17)4-6-20-7-5-13)21(18,19)12-8-10(14)2-3-11(12)15/h2-3,8,17H,4-7,9,15H2,1H3. The summed E-state index contributed by atoms with van der Waals surface area (Å²) >= 11 is 0. The fraction of sp³-hybridized carbons (Fsp3) is 0.538. The van der Waals surface area contributed by atoms with Crippen LogP contribution in [-0.4, -0.2) is 50.2 Å². The van der Waals surface area contributed by atoms with Crippen LogP contribution in [0.15, 0.2) is 23.1 Å². The van der Waals surface area contributed by atoms with Crippen molar-refractivity contribution in [1.29, 1.82) is 0 Å². The van der Waals surface area contributed by atoms with Crippen molar-refractivity contribution in [3.05, 3.63) is 24.0 Å². The maximum Gasteiger partial charge on any atom is 0.245 e. The Morgan fingerprint density at radius 3 is 2.67 bits per heavy atom. The molecule has 1 aliphatic heterocycles. The van der Waals surface area contributed by atoms with Gasteiger partial charge in [-0.15, -0.1) is 0 Å². The topological polar surface area (TPSA) is 92.9 Å². The minimum Gasteiger partial charge on any atom is -0.398 e. The molecule has 8 heteroatoms. The van der Waals surface area contributed by atoms with Gasteiger partial charge in [-0.3, -0.25) is 0 Å². The highest BCUT2D eigenvalue weighted by molar-refractivity contribution is 7.89. The second-order valence-corrected chi connectivity index (χ2v) is 7.29. The van der Waals surface area contributed by atoms with Gasteiger partial charge in [0.2, 0.25) is 10.0 Å². The van der Waals surface area contributed by atoms with Crippen molar-refractivity contribution in [2.75, 3.05) is 32.5 Å². The van der Waals surface area contributed by atoms with E-state index >= 15 is 0 Å². The minimum absolute atomic E-state index is 0.0257. The fourth-order valence-electron chi connectivity index (χ4n) is 2.31. The summed E-state index contributed by atoms with van der Waals surface area (Å²) in [5.74, 6) is -0.680. The zero-order chi connectivity index (χ0) is 15.7. The number of benzene rings is 1. The maximum absolute atomic E-state index is 13.3. The molecule has 1 aromatic rings. The summed E-state index contributed by atoms with van der Waals surface area (Å²) < 4.78 is 44.3. The zero-order valence-corrected chi connectivity index (χ0v) is 12.6. The molecule has 1 heterocycles. The third-order valence-corrected chi connectivity index (χ3v) is 5.46. The predicted molar refractivity (Wildman–Crippen MR) is 75.6 cm³/mol. The van der Waals surface area contributed by atoms with Crippen LogP contribution < -0.4 is 5.73 Å². The second-order valence-electron chi connectivity index (χ2n) is 5.28. The van der Waals surface area contributed by atoms with E-state index in [-0.39, 0.29) is 17.1 Å². The van der Waals surface area contributed by atoms with Crippen molar-refractivity contribution in [2.24, 2.45) is 0 Å². The van der Waals surface area contributed by atoms with Gasteiger partial charge >= 0.3 is 0 Å². The van der Waals surface area contributed by atoms with Crippen LogP contribution in [0.1, 0.15) is 12.8 Å². The summed E-state index contributed by atoms with van der Waals surface area (Å²) in [6.45, 7) is 0.674. The lowest BCUT2D eigenvalue weighted by atomic mass is 9.95. The third-order valence-electron chi connectivity index (χ3n) is 3.60. The molecule has 0 radical (unpaired) electrons. The SMILES string of the molecule is CN(CC1(O)CCOCC1)S(=O)(=O)c1cc(F)ccc1N. The molecule has 0 spiro atoms. The molecule has 0 saturated carbocycles. The number of ether oxygens (including phenoxy) is 1. The van der Waals surface area contributed by atoms with E-state index in [1.165, 1.54) is 13.1 Å².